The molecule has 0 radical (unpaired) electrons. The minimum absolute atomic E-state index is 0.144. The number of amides is 2. The highest BCUT2D eigenvalue weighted by molar-refractivity contribution is 8.00. The molecule has 0 aromatic heterocycles. The van der Waals surface area contributed by atoms with Crippen LogP contribution in [0.2, 0.25) is 0 Å². The number of rotatable bonds is 5. The largest absolute Gasteiger partial charge is 0.477 e. The Hall–Kier alpha value is -2.07. The van der Waals surface area contributed by atoms with Crippen LogP contribution in [0, 0.1) is 0 Å². The van der Waals surface area contributed by atoms with Gasteiger partial charge in [0, 0.05) is 11.3 Å². The van der Waals surface area contributed by atoms with Crippen LogP contribution in [0.3, 0.4) is 0 Å². The van der Waals surface area contributed by atoms with Gasteiger partial charge in [-0.05, 0) is 6.92 Å². The molecule has 114 valence electrons. The van der Waals surface area contributed by atoms with Crippen LogP contribution in [-0.4, -0.2) is 57.3 Å². The van der Waals surface area contributed by atoms with Gasteiger partial charge in [-0.25, -0.2) is 4.79 Å². The van der Waals surface area contributed by atoms with Gasteiger partial charge in [0.15, 0.2) is 6.61 Å². The molecule has 2 heterocycles. The lowest BCUT2D eigenvalue weighted by Crippen LogP contribution is -2.68. The van der Waals surface area contributed by atoms with Gasteiger partial charge in [0.1, 0.15) is 17.1 Å². The van der Waals surface area contributed by atoms with Crippen molar-refractivity contribution in [1.29, 1.82) is 0 Å². The fourth-order valence-electron chi connectivity index (χ4n) is 2.04. The number of nitrogens with two attached hydrogens (primary N) is 2. The molecule has 2 amide bonds. The summed E-state index contributed by atoms with van der Waals surface area (Å²) in [5.74, 6) is -2.03. The van der Waals surface area contributed by atoms with Crippen LogP contribution in [0.1, 0.15) is 6.92 Å². The van der Waals surface area contributed by atoms with Crippen molar-refractivity contribution in [3.05, 3.63) is 11.3 Å². The van der Waals surface area contributed by atoms with E-state index < -0.39 is 30.4 Å². The minimum Gasteiger partial charge on any atom is -0.477 e. The Labute approximate surface area is 123 Å². The summed E-state index contributed by atoms with van der Waals surface area (Å²) < 4.78 is 0. The van der Waals surface area contributed by atoms with Crippen molar-refractivity contribution in [1.82, 2.24) is 4.90 Å². The summed E-state index contributed by atoms with van der Waals surface area (Å²) in [4.78, 5) is 39.6. The van der Waals surface area contributed by atoms with Crippen molar-refractivity contribution in [2.75, 3.05) is 12.4 Å². The summed E-state index contributed by atoms with van der Waals surface area (Å²) in [6, 6.07) is -0.686. The Morgan fingerprint density at radius 1 is 1.57 bits per heavy atom. The molecule has 5 N–H and O–H groups in total. The average Bonchev–Trinajstić information content (AvgIpc) is 2.44. The summed E-state index contributed by atoms with van der Waals surface area (Å²) in [5.41, 5.74) is 11.0. The number of fused-ring (bicyclic) bond motifs is 1. The number of hydrogen-bond donors (Lipinski definition) is 3. The average molecular weight is 314 g/mol. The third-order valence-electron chi connectivity index (χ3n) is 3.06. The number of oxime groups is 1. The predicted octanol–water partition coefficient (Wildman–Crippen LogP) is -1.55. The summed E-state index contributed by atoms with van der Waals surface area (Å²) >= 11 is 1.35. The van der Waals surface area contributed by atoms with Gasteiger partial charge >= 0.3 is 5.97 Å². The van der Waals surface area contributed by atoms with Crippen LogP contribution in [0.4, 0.5) is 0 Å². The molecule has 0 aromatic rings. The number of hydrogen-bond acceptors (Lipinski definition) is 7. The number of carbonyl (C=O) groups excluding carboxylic acids is 2. The van der Waals surface area contributed by atoms with E-state index in [1.807, 2.05) is 0 Å². The molecular formula is C11H14N4O5S. The quantitative estimate of drug-likeness (QED) is 0.316. The van der Waals surface area contributed by atoms with Crippen molar-refractivity contribution in [3.63, 3.8) is 0 Å². The second kappa shape index (κ2) is 5.74. The molecule has 1 fully saturated rings. The lowest BCUT2D eigenvalue weighted by atomic mass is 10.0. The summed E-state index contributed by atoms with van der Waals surface area (Å²) in [6.07, 6.45) is 0. The fourth-order valence-corrected chi connectivity index (χ4v) is 3.41. The van der Waals surface area contributed by atoms with E-state index in [-0.39, 0.29) is 16.8 Å². The summed E-state index contributed by atoms with van der Waals surface area (Å²) in [5, 5.41) is 12.6. The van der Waals surface area contributed by atoms with E-state index >= 15 is 0 Å². The third kappa shape index (κ3) is 2.72. The highest BCUT2D eigenvalue weighted by Crippen LogP contribution is 2.39. The molecule has 2 rings (SSSR count). The van der Waals surface area contributed by atoms with Crippen LogP contribution >= 0.6 is 11.8 Å². The maximum absolute atomic E-state index is 11.7. The predicted molar refractivity (Wildman–Crippen MR) is 74.0 cm³/mol. The van der Waals surface area contributed by atoms with Crippen LogP contribution in [-0.2, 0) is 19.2 Å². The van der Waals surface area contributed by atoms with E-state index in [1.165, 1.54) is 18.7 Å². The van der Waals surface area contributed by atoms with Gasteiger partial charge in [-0.3, -0.25) is 14.5 Å². The van der Waals surface area contributed by atoms with Gasteiger partial charge in [0.2, 0.25) is 5.91 Å². The molecule has 2 aliphatic rings. The Morgan fingerprint density at radius 2 is 2.24 bits per heavy atom. The molecule has 1 saturated heterocycles. The number of nitrogens with zero attached hydrogens (tertiary/aromatic N) is 2. The minimum atomic E-state index is -1.24. The van der Waals surface area contributed by atoms with Gasteiger partial charge in [-0.15, -0.1) is 11.8 Å². The van der Waals surface area contributed by atoms with Gasteiger partial charge in [-0.2, -0.15) is 0 Å². The topological polar surface area (TPSA) is 148 Å². The second-order valence-corrected chi connectivity index (χ2v) is 5.59. The first-order valence-corrected chi connectivity index (χ1v) is 7.01. The normalized spacial score (nSPS) is 25.3. The standard InChI is InChI=1S/C11H14N4O5S/c1-4(14-20-2-6(12)16)5-3-21-10-7(13)9(17)15(10)8(5)11(18)19/h7,10H,2-3,13H2,1H3,(H2,12,16)(H,18,19)/t7-,10-/m1/s1. The molecule has 0 spiro atoms. The Balaban J connectivity index is 2.28. The van der Waals surface area contributed by atoms with E-state index in [2.05, 4.69) is 5.16 Å². The van der Waals surface area contributed by atoms with Crippen molar-refractivity contribution in [2.45, 2.75) is 18.3 Å². The zero-order chi connectivity index (χ0) is 15.7. The smallest absolute Gasteiger partial charge is 0.353 e. The number of carbonyl (C=O) groups is 3. The van der Waals surface area contributed by atoms with E-state index in [9.17, 15) is 19.5 Å². The first-order chi connectivity index (χ1) is 9.84. The fraction of sp³-hybridized carbons (Fsp3) is 0.455. The number of thioether (sulfide) groups is 1. The highest BCUT2D eigenvalue weighted by atomic mass is 32.2. The molecule has 10 heteroatoms. The van der Waals surface area contributed by atoms with Crippen LogP contribution in [0.5, 0.6) is 0 Å². The van der Waals surface area contributed by atoms with Crippen molar-refractivity contribution in [3.8, 4) is 0 Å². The molecule has 0 bridgehead atoms. The number of carboxylic acids is 1. The zero-order valence-electron chi connectivity index (χ0n) is 11.1. The molecule has 0 saturated carbocycles. The lowest BCUT2D eigenvalue weighted by Gasteiger charge is -2.47. The van der Waals surface area contributed by atoms with Crippen molar-refractivity contribution in [2.24, 2.45) is 16.6 Å². The lowest BCUT2D eigenvalue weighted by molar-refractivity contribution is -0.147. The maximum Gasteiger partial charge on any atom is 0.353 e. The van der Waals surface area contributed by atoms with Gasteiger partial charge in [-0.1, -0.05) is 5.16 Å². The Bertz CT molecular complexity index is 573. The first kappa shape index (κ1) is 15.3. The maximum atomic E-state index is 11.7. The zero-order valence-corrected chi connectivity index (χ0v) is 11.9. The summed E-state index contributed by atoms with van der Waals surface area (Å²) in [7, 11) is 0. The molecule has 21 heavy (non-hydrogen) atoms. The van der Waals surface area contributed by atoms with Crippen molar-refractivity contribution < 1.29 is 24.3 Å². The van der Waals surface area contributed by atoms with Crippen LogP contribution < -0.4 is 11.5 Å². The highest BCUT2D eigenvalue weighted by Gasteiger charge is 2.52. The molecule has 0 aromatic carbocycles. The van der Waals surface area contributed by atoms with Crippen molar-refractivity contribution >= 4 is 35.3 Å². The van der Waals surface area contributed by atoms with Crippen LogP contribution in [0.15, 0.2) is 16.4 Å². The van der Waals surface area contributed by atoms with E-state index in [4.69, 9.17) is 16.3 Å². The molecule has 0 aliphatic carbocycles. The van der Waals surface area contributed by atoms with E-state index in [1.54, 1.807) is 0 Å². The third-order valence-corrected chi connectivity index (χ3v) is 4.36. The first-order valence-electron chi connectivity index (χ1n) is 5.96. The Kier molecular flexibility index (Phi) is 4.19. The number of aliphatic carboxylic acids is 1. The van der Waals surface area contributed by atoms with E-state index in [0.29, 0.717) is 11.3 Å². The molecule has 0 unspecified atom stereocenters. The monoisotopic (exact) mass is 314 g/mol. The van der Waals surface area contributed by atoms with Crippen LogP contribution in [0.25, 0.3) is 0 Å². The molecule has 9 nitrogen and oxygen atoms in total. The molecular weight excluding hydrogens is 300 g/mol. The van der Waals surface area contributed by atoms with E-state index in [0.717, 1.165) is 4.90 Å². The second-order valence-electron chi connectivity index (χ2n) is 4.48. The van der Waals surface area contributed by atoms with Gasteiger partial charge < -0.3 is 21.4 Å². The number of β-lactam (4-membered cyclic amide) rings is 1. The number of carboxylic acid groups (broad SMARTS) is 1. The van der Waals surface area contributed by atoms with Gasteiger partial charge in [0.05, 0.1) is 5.71 Å². The SMILES string of the molecule is CC(=NOCC(N)=O)C1=C(C(=O)O)N2C(=O)[C@@H](N)[C@H]2SC1. The summed E-state index contributed by atoms with van der Waals surface area (Å²) in [6.45, 7) is 1.13. The molecule has 2 aliphatic heterocycles. The molecule has 2 atom stereocenters. The Morgan fingerprint density at radius 3 is 2.81 bits per heavy atom. The number of primary amides is 1. The van der Waals surface area contributed by atoms with Gasteiger partial charge in [0.25, 0.3) is 5.91 Å².